The molecule has 0 saturated carbocycles. The minimum atomic E-state index is 0.137. The zero-order valence-corrected chi connectivity index (χ0v) is 11.8. The van der Waals surface area contributed by atoms with E-state index >= 15 is 0 Å². The highest BCUT2D eigenvalue weighted by atomic mass is 16.5. The van der Waals surface area contributed by atoms with Crippen LogP contribution in [0.15, 0.2) is 12.4 Å². The number of ether oxygens (including phenoxy) is 1. The van der Waals surface area contributed by atoms with E-state index in [9.17, 15) is 4.79 Å². The van der Waals surface area contributed by atoms with Crippen LogP contribution in [-0.2, 0) is 16.1 Å². The van der Waals surface area contributed by atoms with Gasteiger partial charge in [-0.1, -0.05) is 0 Å². The zero-order valence-electron chi connectivity index (χ0n) is 11.8. The van der Waals surface area contributed by atoms with Gasteiger partial charge in [-0.15, -0.1) is 0 Å². The molecule has 1 aliphatic rings. The lowest BCUT2D eigenvalue weighted by molar-refractivity contribution is -0.134. The summed E-state index contributed by atoms with van der Waals surface area (Å²) in [7, 11) is 0. The fraction of sp³-hybridized carbons (Fsp3) is 0.714. The first kappa shape index (κ1) is 14.1. The fourth-order valence-corrected chi connectivity index (χ4v) is 2.42. The smallest absolute Gasteiger partial charge is 0.242 e. The highest BCUT2D eigenvalue weighted by molar-refractivity contribution is 5.76. The van der Waals surface area contributed by atoms with Crippen LogP contribution in [0.5, 0.6) is 0 Å². The highest BCUT2D eigenvalue weighted by Gasteiger charge is 2.20. The summed E-state index contributed by atoms with van der Waals surface area (Å²) < 4.78 is 7.59. The third-order valence-corrected chi connectivity index (χ3v) is 3.66. The Morgan fingerprint density at radius 2 is 2.42 bits per heavy atom. The number of hydrogen-bond acceptors (Lipinski definition) is 3. The lowest BCUT2D eigenvalue weighted by atomic mass is 10.1. The van der Waals surface area contributed by atoms with Crippen molar-refractivity contribution in [1.82, 2.24) is 14.5 Å². The van der Waals surface area contributed by atoms with Crippen molar-refractivity contribution in [2.45, 2.75) is 45.8 Å². The van der Waals surface area contributed by atoms with Crippen LogP contribution in [0.1, 0.15) is 32.0 Å². The standard InChI is InChI=1S/C14H23N3O2/c1-3-16(10-13-6-4-5-9-19-13)14(18)11-17-8-7-15-12(17)2/h7-8,13H,3-6,9-11H2,1-2H3. The average molecular weight is 265 g/mol. The first-order valence-corrected chi connectivity index (χ1v) is 7.07. The molecule has 5 nitrogen and oxygen atoms in total. The Bertz CT molecular complexity index is 411. The van der Waals surface area contributed by atoms with Crippen LogP contribution < -0.4 is 0 Å². The molecule has 1 saturated heterocycles. The Morgan fingerprint density at radius 1 is 1.58 bits per heavy atom. The van der Waals surface area contributed by atoms with Gasteiger partial charge < -0.3 is 14.2 Å². The zero-order chi connectivity index (χ0) is 13.7. The first-order chi connectivity index (χ1) is 9.20. The molecule has 1 unspecified atom stereocenters. The number of rotatable bonds is 5. The van der Waals surface area contributed by atoms with Crippen molar-refractivity contribution in [3.05, 3.63) is 18.2 Å². The maximum absolute atomic E-state index is 12.3. The molecule has 0 bridgehead atoms. The SMILES string of the molecule is CCN(CC1CCCCO1)C(=O)Cn1ccnc1C. The summed E-state index contributed by atoms with van der Waals surface area (Å²) in [6.07, 6.45) is 7.19. The number of aromatic nitrogens is 2. The van der Waals surface area contributed by atoms with E-state index in [1.165, 1.54) is 6.42 Å². The van der Waals surface area contributed by atoms with E-state index in [0.717, 1.165) is 31.8 Å². The van der Waals surface area contributed by atoms with E-state index < -0.39 is 0 Å². The third kappa shape index (κ3) is 3.80. The van der Waals surface area contributed by atoms with E-state index in [4.69, 9.17) is 4.74 Å². The molecule has 0 radical (unpaired) electrons. The molecule has 1 aliphatic heterocycles. The van der Waals surface area contributed by atoms with Gasteiger partial charge in [0.05, 0.1) is 6.10 Å². The van der Waals surface area contributed by atoms with E-state index in [-0.39, 0.29) is 12.0 Å². The normalized spacial score (nSPS) is 19.4. The summed E-state index contributed by atoms with van der Waals surface area (Å²) in [5, 5.41) is 0. The molecule has 0 spiro atoms. The predicted octanol–water partition coefficient (Wildman–Crippen LogP) is 1.61. The molecule has 1 fully saturated rings. The number of amides is 1. The summed E-state index contributed by atoms with van der Waals surface area (Å²) in [6, 6.07) is 0. The molecule has 0 aliphatic carbocycles. The van der Waals surface area contributed by atoms with Crippen LogP contribution in [0, 0.1) is 6.92 Å². The number of carbonyl (C=O) groups excluding carboxylic acids is 1. The van der Waals surface area contributed by atoms with Gasteiger partial charge in [-0.3, -0.25) is 4.79 Å². The molecule has 2 rings (SSSR count). The third-order valence-electron chi connectivity index (χ3n) is 3.66. The summed E-state index contributed by atoms with van der Waals surface area (Å²) in [5.41, 5.74) is 0. The van der Waals surface area contributed by atoms with Crippen LogP contribution in [-0.4, -0.2) is 46.2 Å². The Hall–Kier alpha value is -1.36. The van der Waals surface area contributed by atoms with Gasteiger partial charge in [0.1, 0.15) is 12.4 Å². The van der Waals surface area contributed by atoms with Crippen molar-refractivity contribution in [3.63, 3.8) is 0 Å². The minimum Gasteiger partial charge on any atom is -0.376 e. The maximum atomic E-state index is 12.3. The van der Waals surface area contributed by atoms with Gasteiger partial charge in [0, 0.05) is 32.1 Å². The number of aryl methyl sites for hydroxylation is 1. The van der Waals surface area contributed by atoms with Gasteiger partial charge in [0.25, 0.3) is 0 Å². The number of imidazole rings is 1. The van der Waals surface area contributed by atoms with Gasteiger partial charge in [-0.25, -0.2) is 4.98 Å². The van der Waals surface area contributed by atoms with Crippen molar-refractivity contribution < 1.29 is 9.53 Å². The lowest BCUT2D eigenvalue weighted by Crippen LogP contribution is -2.41. The van der Waals surface area contributed by atoms with Crippen LogP contribution in [0.4, 0.5) is 0 Å². The Kier molecular flexibility index (Phi) is 4.96. The molecule has 1 aromatic heterocycles. The minimum absolute atomic E-state index is 0.137. The van der Waals surface area contributed by atoms with Gasteiger partial charge in [0.2, 0.25) is 5.91 Å². The molecule has 1 aromatic rings. The van der Waals surface area contributed by atoms with Crippen molar-refractivity contribution >= 4 is 5.91 Å². The molecule has 1 amide bonds. The number of carbonyl (C=O) groups is 1. The maximum Gasteiger partial charge on any atom is 0.242 e. The highest BCUT2D eigenvalue weighted by Crippen LogP contribution is 2.14. The van der Waals surface area contributed by atoms with Crippen molar-refractivity contribution in [1.29, 1.82) is 0 Å². The second-order valence-electron chi connectivity index (χ2n) is 5.02. The number of hydrogen-bond donors (Lipinski definition) is 0. The number of likely N-dealkylation sites (N-methyl/N-ethyl adjacent to an activating group) is 1. The second kappa shape index (κ2) is 6.70. The van der Waals surface area contributed by atoms with Gasteiger partial charge >= 0.3 is 0 Å². The van der Waals surface area contributed by atoms with Crippen molar-refractivity contribution in [3.8, 4) is 0 Å². The van der Waals surface area contributed by atoms with Crippen LogP contribution in [0.2, 0.25) is 0 Å². The molecule has 0 N–H and O–H groups in total. The largest absolute Gasteiger partial charge is 0.376 e. The molecule has 106 valence electrons. The Morgan fingerprint density at radius 3 is 3.00 bits per heavy atom. The molecule has 0 aromatic carbocycles. The topological polar surface area (TPSA) is 47.4 Å². The Balaban J connectivity index is 1.89. The summed E-state index contributed by atoms with van der Waals surface area (Å²) in [4.78, 5) is 18.3. The molecule has 1 atom stereocenters. The number of nitrogens with zero attached hydrogens (tertiary/aromatic N) is 3. The van der Waals surface area contributed by atoms with E-state index in [1.807, 2.05) is 29.5 Å². The molecule has 5 heteroatoms. The second-order valence-corrected chi connectivity index (χ2v) is 5.02. The van der Waals surface area contributed by atoms with Crippen LogP contribution >= 0.6 is 0 Å². The van der Waals surface area contributed by atoms with Gasteiger partial charge in [-0.2, -0.15) is 0 Å². The average Bonchev–Trinajstić information content (AvgIpc) is 2.82. The summed E-state index contributed by atoms with van der Waals surface area (Å²) in [5.74, 6) is 1.01. The van der Waals surface area contributed by atoms with Gasteiger partial charge in [-0.05, 0) is 33.1 Å². The first-order valence-electron chi connectivity index (χ1n) is 7.07. The molecule has 19 heavy (non-hydrogen) atoms. The summed E-state index contributed by atoms with van der Waals surface area (Å²) in [6.45, 7) is 6.56. The van der Waals surface area contributed by atoms with Crippen molar-refractivity contribution in [2.75, 3.05) is 19.7 Å². The Labute approximate surface area is 114 Å². The molecular formula is C14H23N3O2. The van der Waals surface area contributed by atoms with E-state index in [2.05, 4.69) is 4.98 Å². The quantitative estimate of drug-likeness (QED) is 0.812. The lowest BCUT2D eigenvalue weighted by Gasteiger charge is -2.29. The van der Waals surface area contributed by atoms with Crippen molar-refractivity contribution in [2.24, 2.45) is 0 Å². The van der Waals surface area contributed by atoms with E-state index in [0.29, 0.717) is 13.1 Å². The fourth-order valence-electron chi connectivity index (χ4n) is 2.42. The van der Waals surface area contributed by atoms with Gasteiger partial charge in [0.15, 0.2) is 0 Å². The summed E-state index contributed by atoms with van der Waals surface area (Å²) >= 11 is 0. The molecular weight excluding hydrogens is 242 g/mol. The van der Waals surface area contributed by atoms with Crippen LogP contribution in [0.3, 0.4) is 0 Å². The van der Waals surface area contributed by atoms with Crippen LogP contribution in [0.25, 0.3) is 0 Å². The monoisotopic (exact) mass is 265 g/mol. The predicted molar refractivity (Wildman–Crippen MR) is 72.8 cm³/mol. The molecule has 2 heterocycles. The van der Waals surface area contributed by atoms with E-state index in [1.54, 1.807) is 6.20 Å².